The first-order valence-corrected chi connectivity index (χ1v) is 6.45. The molecule has 2 N–H and O–H groups in total. The summed E-state index contributed by atoms with van der Waals surface area (Å²) in [6, 6.07) is 11.7. The van der Waals surface area contributed by atoms with Crippen LogP contribution in [0.15, 0.2) is 48.8 Å². The van der Waals surface area contributed by atoms with Gasteiger partial charge in [-0.2, -0.15) is 0 Å². The third kappa shape index (κ3) is 1.95. The fraction of sp³-hybridized carbons (Fsp3) is 0.125. The Morgan fingerprint density at radius 3 is 2.75 bits per heavy atom. The molecule has 100 valence electrons. The number of nitrogens with zero attached hydrogens (tertiary/aromatic N) is 2. The molecule has 3 aromatic rings. The van der Waals surface area contributed by atoms with Crippen LogP contribution in [0, 0.1) is 6.92 Å². The maximum absolute atomic E-state index is 11.7. The first-order chi connectivity index (χ1) is 9.68. The molecule has 0 aliphatic carbocycles. The largest absolute Gasteiger partial charge is 0.366 e. The summed E-state index contributed by atoms with van der Waals surface area (Å²) in [5.41, 5.74) is 9.12. The van der Waals surface area contributed by atoms with Crippen LogP contribution in [0.2, 0.25) is 0 Å². The minimum atomic E-state index is -0.386. The van der Waals surface area contributed by atoms with Gasteiger partial charge in [-0.15, -0.1) is 0 Å². The van der Waals surface area contributed by atoms with E-state index in [-0.39, 0.29) is 5.91 Å². The molecule has 0 fully saturated rings. The molecule has 0 aliphatic heterocycles. The summed E-state index contributed by atoms with van der Waals surface area (Å²) in [6.45, 7) is 2.60. The van der Waals surface area contributed by atoms with E-state index < -0.39 is 0 Å². The monoisotopic (exact) mass is 265 g/mol. The number of para-hydroxylation sites is 1. The van der Waals surface area contributed by atoms with Crippen molar-refractivity contribution < 1.29 is 4.79 Å². The van der Waals surface area contributed by atoms with Crippen molar-refractivity contribution in [3.05, 3.63) is 65.6 Å². The van der Waals surface area contributed by atoms with E-state index in [0.717, 1.165) is 22.2 Å². The molecule has 2 aromatic heterocycles. The first kappa shape index (κ1) is 12.4. The molecule has 0 unspecified atom stereocenters. The fourth-order valence-corrected chi connectivity index (χ4v) is 2.62. The quantitative estimate of drug-likeness (QED) is 0.791. The van der Waals surface area contributed by atoms with Gasteiger partial charge in [-0.1, -0.05) is 24.3 Å². The molecule has 1 amide bonds. The second-order valence-corrected chi connectivity index (χ2v) is 4.79. The number of pyridine rings is 1. The smallest absolute Gasteiger partial charge is 0.251 e. The summed E-state index contributed by atoms with van der Waals surface area (Å²) in [4.78, 5) is 15.8. The first-order valence-electron chi connectivity index (χ1n) is 6.45. The molecule has 0 atom stereocenters. The Labute approximate surface area is 116 Å². The molecule has 4 heteroatoms. The molecule has 0 bridgehead atoms. The number of carbonyl (C=O) groups is 1. The van der Waals surface area contributed by atoms with E-state index in [4.69, 9.17) is 5.73 Å². The van der Waals surface area contributed by atoms with Gasteiger partial charge < -0.3 is 10.3 Å². The Morgan fingerprint density at radius 1 is 1.25 bits per heavy atom. The normalized spacial score (nSPS) is 10.8. The van der Waals surface area contributed by atoms with Crippen LogP contribution in [0.3, 0.4) is 0 Å². The van der Waals surface area contributed by atoms with Gasteiger partial charge in [0.25, 0.3) is 5.91 Å². The van der Waals surface area contributed by atoms with Gasteiger partial charge in [0.1, 0.15) is 0 Å². The molecule has 3 rings (SSSR count). The van der Waals surface area contributed by atoms with Crippen molar-refractivity contribution in [2.75, 3.05) is 0 Å². The van der Waals surface area contributed by atoms with Crippen LogP contribution in [0.5, 0.6) is 0 Å². The van der Waals surface area contributed by atoms with Gasteiger partial charge in [0.05, 0.1) is 5.56 Å². The highest BCUT2D eigenvalue weighted by Crippen LogP contribution is 2.26. The lowest BCUT2D eigenvalue weighted by molar-refractivity contribution is 0.100. The van der Waals surface area contributed by atoms with E-state index in [2.05, 4.69) is 9.55 Å². The number of primary amides is 1. The van der Waals surface area contributed by atoms with Gasteiger partial charge in [0, 0.05) is 35.5 Å². The van der Waals surface area contributed by atoms with Gasteiger partial charge in [-0.3, -0.25) is 9.78 Å². The van der Waals surface area contributed by atoms with E-state index in [1.54, 1.807) is 6.20 Å². The van der Waals surface area contributed by atoms with Gasteiger partial charge in [-0.25, -0.2) is 0 Å². The maximum atomic E-state index is 11.7. The predicted molar refractivity (Wildman–Crippen MR) is 78.5 cm³/mol. The number of carbonyl (C=O) groups excluding carboxylic acids is 1. The third-order valence-corrected chi connectivity index (χ3v) is 3.54. The SMILES string of the molecule is Cc1c(C(N)=O)c2ccccc2n1Cc1cccnc1. The topological polar surface area (TPSA) is 60.9 Å². The Hall–Kier alpha value is -2.62. The van der Waals surface area contributed by atoms with Crippen molar-refractivity contribution in [1.29, 1.82) is 0 Å². The lowest BCUT2D eigenvalue weighted by Gasteiger charge is -2.08. The fourth-order valence-electron chi connectivity index (χ4n) is 2.62. The van der Waals surface area contributed by atoms with Gasteiger partial charge in [-0.05, 0) is 24.6 Å². The summed E-state index contributed by atoms with van der Waals surface area (Å²) in [6.07, 6.45) is 3.58. The number of amides is 1. The molecular weight excluding hydrogens is 250 g/mol. The predicted octanol–water partition coefficient (Wildman–Crippen LogP) is 2.49. The van der Waals surface area contributed by atoms with Crippen molar-refractivity contribution >= 4 is 16.8 Å². The number of rotatable bonds is 3. The van der Waals surface area contributed by atoms with E-state index in [0.29, 0.717) is 12.1 Å². The molecule has 0 saturated carbocycles. The minimum absolute atomic E-state index is 0.386. The van der Waals surface area contributed by atoms with E-state index in [1.165, 1.54) is 0 Å². The van der Waals surface area contributed by atoms with Crippen LogP contribution in [0.1, 0.15) is 21.6 Å². The minimum Gasteiger partial charge on any atom is -0.366 e. The molecule has 1 aromatic carbocycles. The zero-order chi connectivity index (χ0) is 14.1. The van der Waals surface area contributed by atoms with E-state index >= 15 is 0 Å². The van der Waals surface area contributed by atoms with Crippen LogP contribution in [-0.2, 0) is 6.54 Å². The molecule has 0 aliphatic rings. The van der Waals surface area contributed by atoms with Crippen molar-refractivity contribution in [2.24, 2.45) is 5.73 Å². The highest BCUT2D eigenvalue weighted by atomic mass is 16.1. The Kier molecular flexibility index (Phi) is 2.99. The number of aromatic nitrogens is 2. The average molecular weight is 265 g/mol. The maximum Gasteiger partial charge on any atom is 0.251 e. The third-order valence-electron chi connectivity index (χ3n) is 3.54. The number of hydrogen-bond donors (Lipinski definition) is 1. The molecule has 0 radical (unpaired) electrons. The standard InChI is InChI=1S/C16H15N3O/c1-11-15(16(17)20)13-6-2-3-7-14(13)19(11)10-12-5-4-8-18-9-12/h2-9H,10H2,1H3,(H2,17,20). The molecule has 2 heterocycles. The average Bonchev–Trinajstić information content (AvgIpc) is 2.73. The molecule has 4 nitrogen and oxygen atoms in total. The lowest BCUT2D eigenvalue weighted by atomic mass is 10.1. The van der Waals surface area contributed by atoms with Crippen molar-refractivity contribution in [2.45, 2.75) is 13.5 Å². The zero-order valence-electron chi connectivity index (χ0n) is 11.2. The van der Waals surface area contributed by atoms with Gasteiger partial charge in [0.15, 0.2) is 0 Å². The van der Waals surface area contributed by atoms with Crippen molar-refractivity contribution in [3.8, 4) is 0 Å². The highest BCUT2D eigenvalue weighted by molar-refractivity contribution is 6.07. The summed E-state index contributed by atoms with van der Waals surface area (Å²) in [7, 11) is 0. The van der Waals surface area contributed by atoms with Crippen LogP contribution in [0.25, 0.3) is 10.9 Å². The highest BCUT2D eigenvalue weighted by Gasteiger charge is 2.17. The number of nitrogens with two attached hydrogens (primary N) is 1. The van der Waals surface area contributed by atoms with Crippen LogP contribution in [0.4, 0.5) is 0 Å². The van der Waals surface area contributed by atoms with Crippen LogP contribution < -0.4 is 5.73 Å². The number of benzene rings is 1. The second-order valence-electron chi connectivity index (χ2n) is 4.79. The van der Waals surface area contributed by atoms with Gasteiger partial charge >= 0.3 is 0 Å². The molecule has 20 heavy (non-hydrogen) atoms. The second kappa shape index (κ2) is 4.81. The Balaban J connectivity index is 2.20. The molecule has 0 saturated heterocycles. The van der Waals surface area contributed by atoms with Crippen LogP contribution >= 0.6 is 0 Å². The van der Waals surface area contributed by atoms with Gasteiger partial charge in [0.2, 0.25) is 0 Å². The molecular formula is C16H15N3O. The summed E-state index contributed by atoms with van der Waals surface area (Å²) in [5, 5.41) is 0.904. The van der Waals surface area contributed by atoms with Crippen molar-refractivity contribution in [3.63, 3.8) is 0 Å². The lowest BCUT2D eigenvalue weighted by Crippen LogP contribution is -2.13. The zero-order valence-corrected chi connectivity index (χ0v) is 11.2. The number of hydrogen-bond acceptors (Lipinski definition) is 2. The Morgan fingerprint density at radius 2 is 2.05 bits per heavy atom. The summed E-state index contributed by atoms with van der Waals surface area (Å²) >= 11 is 0. The summed E-state index contributed by atoms with van der Waals surface area (Å²) < 4.78 is 2.10. The summed E-state index contributed by atoms with van der Waals surface area (Å²) in [5.74, 6) is -0.386. The van der Waals surface area contributed by atoms with Crippen molar-refractivity contribution in [1.82, 2.24) is 9.55 Å². The number of fused-ring (bicyclic) bond motifs is 1. The van der Waals surface area contributed by atoms with E-state index in [1.807, 2.05) is 49.5 Å². The Bertz CT molecular complexity index is 775. The van der Waals surface area contributed by atoms with Crippen LogP contribution in [-0.4, -0.2) is 15.5 Å². The molecule has 0 spiro atoms. The van der Waals surface area contributed by atoms with E-state index in [9.17, 15) is 4.79 Å².